The molecule has 0 N–H and O–H groups in total. The van der Waals surface area contributed by atoms with Gasteiger partial charge in [0.15, 0.2) is 0 Å². The average molecular weight is 122 g/mol. The second-order valence-electron chi connectivity index (χ2n) is 0.683. The van der Waals surface area contributed by atoms with E-state index >= 15 is 0 Å². The standard InChI is InChI=1S/C4H3Cl2/c1-2-4(6)3-5/h1H,3H2. The van der Waals surface area contributed by atoms with E-state index in [1.54, 1.807) is 0 Å². The number of halogens is 2. The van der Waals surface area contributed by atoms with Crippen molar-refractivity contribution in [1.82, 2.24) is 0 Å². The van der Waals surface area contributed by atoms with Crippen LogP contribution in [0.4, 0.5) is 0 Å². The van der Waals surface area contributed by atoms with Crippen LogP contribution in [0.1, 0.15) is 0 Å². The summed E-state index contributed by atoms with van der Waals surface area (Å²) < 4.78 is 0. The van der Waals surface area contributed by atoms with Crippen LogP contribution in [0.15, 0.2) is 10.8 Å². The summed E-state index contributed by atoms with van der Waals surface area (Å²) in [6, 6.07) is 0. The molecule has 6 heavy (non-hydrogen) atoms. The number of allylic oxidation sites excluding steroid dienone is 1. The Kier molecular flexibility index (Phi) is 3.35. The van der Waals surface area contributed by atoms with Crippen LogP contribution in [0.3, 0.4) is 0 Å². The van der Waals surface area contributed by atoms with Gasteiger partial charge in [-0.3, -0.25) is 0 Å². The lowest BCUT2D eigenvalue weighted by Crippen LogP contribution is -1.62. The van der Waals surface area contributed by atoms with E-state index in [0.29, 0.717) is 5.03 Å². The van der Waals surface area contributed by atoms with Crippen molar-refractivity contribution in [3.8, 4) is 0 Å². The summed E-state index contributed by atoms with van der Waals surface area (Å²) in [5.41, 5.74) is 2.16. The van der Waals surface area contributed by atoms with Gasteiger partial charge in [0.1, 0.15) is 0 Å². The second kappa shape index (κ2) is 3.30. The molecule has 0 aromatic heterocycles. The Bertz CT molecular complexity index is 79.5. The molecule has 0 saturated heterocycles. The van der Waals surface area contributed by atoms with Crippen LogP contribution in [0.2, 0.25) is 0 Å². The summed E-state index contributed by atoms with van der Waals surface area (Å²) in [5.74, 6) is 0.248. The summed E-state index contributed by atoms with van der Waals surface area (Å²) in [5, 5.41) is 0.358. The van der Waals surface area contributed by atoms with Crippen LogP contribution >= 0.6 is 23.2 Å². The van der Waals surface area contributed by atoms with Crippen LogP contribution in [0.25, 0.3) is 0 Å². The van der Waals surface area contributed by atoms with E-state index in [1.807, 2.05) is 0 Å². The highest BCUT2D eigenvalue weighted by Gasteiger charge is 1.78. The fourth-order valence-corrected chi connectivity index (χ4v) is 0.116. The maximum atomic E-state index is 5.20. The van der Waals surface area contributed by atoms with Crippen molar-refractivity contribution in [1.29, 1.82) is 0 Å². The van der Waals surface area contributed by atoms with E-state index in [0.717, 1.165) is 0 Å². The third kappa shape index (κ3) is 2.34. The van der Waals surface area contributed by atoms with Crippen LogP contribution in [0, 0.1) is 6.58 Å². The van der Waals surface area contributed by atoms with Crippen molar-refractivity contribution in [2.24, 2.45) is 0 Å². The molecule has 0 nitrogen and oxygen atoms in total. The Balaban J connectivity index is 3.52. The summed E-state index contributed by atoms with van der Waals surface area (Å²) in [4.78, 5) is 0. The lowest BCUT2D eigenvalue weighted by atomic mass is 10.7. The molecule has 0 aromatic rings. The van der Waals surface area contributed by atoms with E-state index in [2.05, 4.69) is 5.73 Å². The molecule has 0 aliphatic heterocycles. The first-order chi connectivity index (χ1) is 2.81. The van der Waals surface area contributed by atoms with Crippen molar-refractivity contribution < 1.29 is 0 Å². The predicted octanol–water partition coefficient (Wildman–Crippen LogP) is 1.94. The largest absolute Gasteiger partial charge is 0.120 e. The highest BCUT2D eigenvalue weighted by molar-refractivity contribution is 6.35. The van der Waals surface area contributed by atoms with Crippen molar-refractivity contribution in [2.75, 3.05) is 5.88 Å². The van der Waals surface area contributed by atoms with Gasteiger partial charge in [-0.15, -0.1) is 17.3 Å². The number of rotatable bonds is 1. The monoisotopic (exact) mass is 121 g/mol. The smallest absolute Gasteiger partial charge is 0.0745 e. The zero-order valence-electron chi connectivity index (χ0n) is 3.04. The lowest BCUT2D eigenvalue weighted by molar-refractivity contribution is 1.70. The Hall–Kier alpha value is 0.100. The van der Waals surface area contributed by atoms with Crippen LogP contribution in [-0.2, 0) is 0 Å². The molecule has 0 heterocycles. The minimum atomic E-state index is 0.248. The SMILES string of the molecule is [CH]=C=C(Cl)CCl. The highest BCUT2D eigenvalue weighted by atomic mass is 35.5. The Morgan fingerprint density at radius 3 is 2.33 bits per heavy atom. The van der Waals surface area contributed by atoms with Crippen LogP contribution in [-0.4, -0.2) is 5.88 Å². The van der Waals surface area contributed by atoms with Gasteiger partial charge in [-0.1, -0.05) is 11.6 Å². The lowest BCUT2D eigenvalue weighted by Gasteiger charge is -1.74. The van der Waals surface area contributed by atoms with Gasteiger partial charge in [-0.2, -0.15) is 0 Å². The maximum absolute atomic E-state index is 5.20. The van der Waals surface area contributed by atoms with Gasteiger partial charge in [-0.05, 0) is 6.58 Å². The zero-order chi connectivity index (χ0) is 4.99. The molecule has 0 amide bonds. The van der Waals surface area contributed by atoms with Crippen molar-refractivity contribution in [2.45, 2.75) is 0 Å². The molecular weight excluding hydrogens is 119 g/mol. The Morgan fingerprint density at radius 1 is 1.83 bits per heavy atom. The van der Waals surface area contributed by atoms with Gasteiger partial charge in [0.2, 0.25) is 0 Å². The average Bonchev–Trinajstić information content (AvgIpc) is 1.65. The summed E-state index contributed by atoms with van der Waals surface area (Å²) in [6.07, 6.45) is 0. The maximum Gasteiger partial charge on any atom is 0.0745 e. The fraction of sp³-hybridized carbons (Fsp3) is 0.250. The first-order valence-electron chi connectivity index (χ1n) is 1.35. The minimum absolute atomic E-state index is 0.248. The fourth-order valence-electron chi connectivity index (χ4n) is 0.0386. The Morgan fingerprint density at radius 2 is 2.33 bits per heavy atom. The van der Waals surface area contributed by atoms with Crippen molar-refractivity contribution >= 4 is 23.2 Å². The van der Waals surface area contributed by atoms with E-state index < -0.39 is 0 Å². The predicted molar refractivity (Wildman–Crippen MR) is 27.9 cm³/mol. The molecule has 2 heteroatoms. The highest BCUT2D eigenvalue weighted by Crippen LogP contribution is 1.97. The number of hydrogen-bond acceptors (Lipinski definition) is 0. The molecule has 1 radical (unpaired) electrons. The molecule has 0 spiro atoms. The van der Waals surface area contributed by atoms with Gasteiger partial charge in [0.25, 0.3) is 0 Å². The number of hydrogen-bond donors (Lipinski definition) is 0. The van der Waals surface area contributed by atoms with Gasteiger partial charge in [0.05, 0.1) is 10.9 Å². The molecule has 0 unspecified atom stereocenters. The molecule has 0 aromatic carbocycles. The normalized spacial score (nSPS) is 7.00. The number of alkyl halides is 1. The quantitative estimate of drug-likeness (QED) is 0.368. The molecular formula is C4H3Cl2. The van der Waals surface area contributed by atoms with E-state index in [1.165, 1.54) is 0 Å². The van der Waals surface area contributed by atoms with Gasteiger partial charge in [-0.25, -0.2) is 0 Å². The molecule has 0 aliphatic rings. The van der Waals surface area contributed by atoms with Gasteiger partial charge in [0, 0.05) is 0 Å². The van der Waals surface area contributed by atoms with Gasteiger partial charge >= 0.3 is 0 Å². The molecule has 0 aliphatic carbocycles. The van der Waals surface area contributed by atoms with Crippen molar-refractivity contribution in [3.63, 3.8) is 0 Å². The molecule has 0 fully saturated rings. The van der Waals surface area contributed by atoms with E-state index in [4.69, 9.17) is 29.8 Å². The molecule has 0 atom stereocenters. The first-order valence-corrected chi connectivity index (χ1v) is 2.26. The third-order valence-electron chi connectivity index (χ3n) is 0.274. The minimum Gasteiger partial charge on any atom is -0.120 e. The molecule has 0 bridgehead atoms. The summed E-state index contributed by atoms with van der Waals surface area (Å²) in [7, 11) is 0. The summed E-state index contributed by atoms with van der Waals surface area (Å²) in [6.45, 7) is 4.78. The van der Waals surface area contributed by atoms with E-state index in [9.17, 15) is 0 Å². The van der Waals surface area contributed by atoms with Crippen LogP contribution in [0.5, 0.6) is 0 Å². The van der Waals surface area contributed by atoms with Crippen LogP contribution < -0.4 is 0 Å². The second-order valence-corrected chi connectivity index (χ2v) is 1.41. The third-order valence-corrected chi connectivity index (χ3v) is 0.921. The van der Waals surface area contributed by atoms with Gasteiger partial charge < -0.3 is 0 Å². The topological polar surface area (TPSA) is 0 Å². The summed E-state index contributed by atoms with van der Waals surface area (Å²) >= 11 is 10.3. The molecule has 0 rings (SSSR count). The molecule has 0 saturated carbocycles. The van der Waals surface area contributed by atoms with Crippen molar-refractivity contribution in [3.05, 3.63) is 17.3 Å². The van der Waals surface area contributed by atoms with E-state index in [-0.39, 0.29) is 5.88 Å². The Labute approximate surface area is 47.1 Å². The first kappa shape index (κ1) is 6.10. The zero-order valence-corrected chi connectivity index (χ0v) is 4.55. The molecule has 33 valence electrons.